The second kappa shape index (κ2) is 7.24. The number of nitrogens with one attached hydrogen (secondary N) is 1. The SMILES string of the molecule is CC(CNC(=O)C(C(N)=S)C(C)C)c1ccccc1. The topological polar surface area (TPSA) is 55.1 Å². The quantitative estimate of drug-likeness (QED) is 0.786. The fourth-order valence-corrected chi connectivity index (χ4v) is 2.40. The number of carbonyl (C=O) groups excluding carboxylic acids is 1. The lowest BCUT2D eigenvalue weighted by molar-refractivity contribution is -0.124. The van der Waals surface area contributed by atoms with Gasteiger partial charge in [-0.2, -0.15) is 0 Å². The Bertz CT molecular complexity index is 431. The lowest BCUT2D eigenvalue weighted by Gasteiger charge is -2.20. The monoisotopic (exact) mass is 278 g/mol. The molecule has 0 fully saturated rings. The van der Waals surface area contributed by atoms with E-state index >= 15 is 0 Å². The van der Waals surface area contributed by atoms with Crippen LogP contribution in [0.15, 0.2) is 30.3 Å². The summed E-state index contributed by atoms with van der Waals surface area (Å²) in [6.45, 7) is 6.57. The molecule has 0 aromatic heterocycles. The molecule has 19 heavy (non-hydrogen) atoms. The predicted octanol–water partition coefficient (Wildman–Crippen LogP) is 2.46. The van der Waals surface area contributed by atoms with E-state index in [4.69, 9.17) is 18.0 Å². The number of hydrogen-bond donors (Lipinski definition) is 2. The van der Waals surface area contributed by atoms with Gasteiger partial charge in [-0.3, -0.25) is 4.79 Å². The van der Waals surface area contributed by atoms with Crippen LogP contribution in [0.3, 0.4) is 0 Å². The Morgan fingerprint density at radius 2 is 1.84 bits per heavy atom. The largest absolute Gasteiger partial charge is 0.393 e. The van der Waals surface area contributed by atoms with Gasteiger partial charge >= 0.3 is 0 Å². The van der Waals surface area contributed by atoms with E-state index in [2.05, 4.69) is 24.4 Å². The zero-order valence-corrected chi connectivity index (χ0v) is 12.5. The molecule has 0 radical (unpaired) electrons. The smallest absolute Gasteiger partial charge is 0.230 e. The van der Waals surface area contributed by atoms with Crippen molar-refractivity contribution < 1.29 is 4.79 Å². The van der Waals surface area contributed by atoms with Crippen LogP contribution in [-0.2, 0) is 4.79 Å². The highest BCUT2D eigenvalue weighted by Gasteiger charge is 2.24. The van der Waals surface area contributed by atoms with Crippen LogP contribution in [0.2, 0.25) is 0 Å². The summed E-state index contributed by atoms with van der Waals surface area (Å²) in [5.41, 5.74) is 6.83. The van der Waals surface area contributed by atoms with Crippen molar-refractivity contribution >= 4 is 23.1 Å². The molecule has 2 atom stereocenters. The number of hydrogen-bond acceptors (Lipinski definition) is 2. The molecule has 0 heterocycles. The summed E-state index contributed by atoms with van der Waals surface area (Å²) >= 11 is 4.96. The van der Waals surface area contributed by atoms with Gasteiger partial charge in [0, 0.05) is 6.54 Å². The molecular weight excluding hydrogens is 256 g/mol. The summed E-state index contributed by atoms with van der Waals surface area (Å²) in [5, 5.41) is 2.94. The predicted molar refractivity (Wildman–Crippen MR) is 83.0 cm³/mol. The molecule has 3 nitrogen and oxygen atoms in total. The van der Waals surface area contributed by atoms with Crippen LogP contribution in [0.1, 0.15) is 32.3 Å². The zero-order chi connectivity index (χ0) is 14.4. The van der Waals surface area contributed by atoms with Gasteiger partial charge in [-0.25, -0.2) is 0 Å². The molecule has 0 aliphatic carbocycles. The molecule has 104 valence electrons. The van der Waals surface area contributed by atoms with E-state index in [0.29, 0.717) is 6.54 Å². The van der Waals surface area contributed by atoms with E-state index in [-0.39, 0.29) is 22.7 Å². The first-order valence-electron chi connectivity index (χ1n) is 6.55. The van der Waals surface area contributed by atoms with Crippen LogP contribution in [0.5, 0.6) is 0 Å². The lowest BCUT2D eigenvalue weighted by Crippen LogP contribution is -2.41. The fraction of sp³-hybridized carbons (Fsp3) is 0.467. The van der Waals surface area contributed by atoms with Crippen LogP contribution in [0.4, 0.5) is 0 Å². The third-order valence-corrected chi connectivity index (χ3v) is 3.46. The second-order valence-corrected chi connectivity index (χ2v) is 5.65. The summed E-state index contributed by atoms with van der Waals surface area (Å²) < 4.78 is 0. The Kier molecular flexibility index (Phi) is 5.96. The fourth-order valence-electron chi connectivity index (χ4n) is 2.02. The Balaban J connectivity index is 2.56. The van der Waals surface area contributed by atoms with Gasteiger partial charge in [0.25, 0.3) is 0 Å². The lowest BCUT2D eigenvalue weighted by atomic mass is 9.94. The molecule has 0 bridgehead atoms. The van der Waals surface area contributed by atoms with Gasteiger partial charge < -0.3 is 11.1 Å². The summed E-state index contributed by atoms with van der Waals surface area (Å²) in [6, 6.07) is 10.1. The minimum atomic E-state index is -0.391. The van der Waals surface area contributed by atoms with E-state index in [1.807, 2.05) is 32.0 Å². The third kappa shape index (κ3) is 4.63. The van der Waals surface area contributed by atoms with E-state index < -0.39 is 5.92 Å². The molecule has 0 saturated heterocycles. The van der Waals surface area contributed by atoms with Crippen molar-refractivity contribution in [2.75, 3.05) is 6.54 Å². The molecule has 0 saturated carbocycles. The van der Waals surface area contributed by atoms with Crippen LogP contribution >= 0.6 is 12.2 Å². The van der Waals surface area contributed by atoms with Crippen molar-refractivity contribution in [3.8, 4) is 0 Å². The normalized spacial score (nSPS) is 13.9. The van der Waals surface area contributed by atoms with Gasteiger partial charge in [-0.05, 0) is 17.4 Å². The van der Waals surface area contributed by atoms with Crippen molar-refractivity contribution in [1.82, 2.24) is 5.32 Å². The van der Waals surface area contributed by atoms with Crippen LogP contribution in [0.25, 0.3) is 0 Å². The van der Waals surface area contributed by atoms with Crippen molar-refractivity contribution in [1.29, 1.82) is 0 Å². The van der Waals surface area contributed by atoms with Gasteiger partial charge in [0.15, 0.2) is 0 Å². The Morgan fingerprint density at radius 1 is 1.26 bits per heavy atom. The van der Waals surface area contributed by atoms with Gasteiger partial charge in [-0.15, -0.1) is 0 Å². The van der Waals surface area contributed by atoms with E-state index in [1.54, 1.807) is 0 Å². The minimum Gasteiger partial charge on any atom is -0.393 e. The molecule has 1 aromatic rings. The van der Waals surface area contributed by atoms with E-state index in [1.165, 1.54) is 5.56 Å². The van der Waals surface area contributed by atoms with Gasteiger partial charge in [0.1, 0.15) is 0 Å². The molecule has 0 aliphatic rings. The van der Waals surface area contributed by atoms with Crippen molar-refractivity contribution in [3.05, 3.63) is 35.9 Å². The first-order valence-corrected chi connectivity index (χ1v) is 6.96. The number of rotatable bonds is 6. The highest BCUT2D eigenvalue weighted by molar-refractivity contribution is 7.80. The molecule has 2 unspecified atom stereocenters. The maximum Gasteiger partial charge on any atom is 0.230 e. The summed E-state index contributed by atoms with van der Waals surface area (Å²) in [4.78, 5) is 12.3. The third-order valence-electron chi connectivity index (χ3n) is 3.21. The molecule has 1 aromatic carbocycles. The maximum absolute atomic E-state index is 12.1. The van der Waals surface area contributed by atoms with Crippen LogP contribution < -0.4 is 11.1 Å². The van der Waals surface area contributed by atoms with Gasteiger partial charge in [0.05, 0.1) is 10.9 Å². The number of amides is 1. The molecule has 1 amide bonds. The summed E-state index contributed by atoms with van der Waals surface area (Å²) in [7, 11) is 0. The van der Waals surface area contributed by atoms with Crippen LogP contribution in [-0.4, -0.2) is 17.4 Å². The first-order chi connectivity index (χ1) is 8.93. The van der Waals surface area contributed by atoms with Gasteiger partial charge in [-0.1, -0.05) is 63.3 Å². The maximum atomic E-state index is 12.1. The van der Waals surface area contributed by atoms with Crippen molar-refractivity contribution in [3.63, 3.8) is 0 Å². The zero-order valence-electron chi connectivity index (χ0n) is 11.7. The van der Waals surface area contributed by atoms with Crippen LogP contribution in [0, 0.1) is 11.8 Å². The Labute approximate surface area is 120 Å². The second-order valence-electron chi connectivity index (χ2n) is 5.18. The highest BCUT2D eigenvalue weighted by Crippen LogP contribution is 2.15. The van der Waals surface area contributed by atoms with E-state index in [9.17, 15) is 4.79 Å². The summed E-state index contributed by atoms with van der Waals surface area (Å²) in [5.74, 6) is -0.0860. The molecule has 0 spiro atoms. The molecule has 0 aliphatic heterocycles. The number of carbonyl (C=O) groups is 1. The van der Waals surface area contributed by atoms with Crippen molar-refractivity contribution in [2.45, 2.75) is 26.7 Å². The first kappa shape index (κ1) is 15.6. The molecule has 4 heteroatoms. The average molecular weight is 278 g/mol. The highest BCUT2D eigenvalue weighted by atomic mass is 32.1. The minimum absolute atomic E-state index is 0.0784. The van der Waals surface area contributed by atoms with Gasteiger partial charge in [0.2, 0.25) is 5.91 Å². The molecule has 1 rings (SSSR count). The molecule has 3 N–H and O–H groups in total. The Hall–Kier alpha value is -1.42. The average Bonchev–Trinajstić information content (AvgIpc) is 2.36. The van der Waals surface area contributed by atoms with Crippen molar-refractivity contribution in [2.24, 2.45) is 17.6 Å². The standard InChI is InChI=1S/C15H22N2OS/c1-10(2)13(14(16)19)15(18)17-9-11(3)12-7-5-4-6-8-12/h4-8,10-11,13H,9H2,1-3H3,(H2,16,19)(H,17,18). The van der Waals surface area contributed by atoms with E-state index in [0.717, 1.165) is 0 Å². The Morgan fingerprint density at radius 3 is 2.32 bits per heavy atom. The summed E-state index contributed by atoms with van der Waals surface area (Å²) in [6.07, 6.45) is 0. The number of benzene rings is 1. The number of nitrogens with two attached hydrogens (primary N) is 1. The number of thiocarbonyl (C=S) groups is 1. The molecular formula is C15H22N2OS.